The second-order valence-electron chi connectivity index (χ2n) is 10.7. The molecule has 0 spiro atoms. The molecule has 0 aliphatic heterocycles. The molecule has 2 atom stereocenters. The van der Waals surface area contributed by atoms with Crippen LogP contribution in [0, 0.1) is 0 Å². The van der Waals surface area contributed by atoms with Crippen LogP contribution in [-0.2, 0) is 19.3 Å². The zero-order valence-corrected chi connectivity index (χ0v) is 23.0. The monoisotopic (exact) mass is 504 g/mol. The van der Waals surface area contributed by atoms with Crippen molar-refractivity contribution in [3.05, 3.63) is 70.5 Å². The number of hydroxylamine groups is 2. The number of aryl methyl sites for hydroxylation is 2. The minimum atomic E-state index is -0.100. The predicted octanol–water partition coefficient (Wildman–Crippen LogP) is 7.07. The van der Waals surface area contributed by atoms with Gasteiger partial charge in [0, 0.05) is 23.1 Å². The largest absolute Gasteiger partial charge is 0.334 e. The van der Waals surface area contributed by atoms with Gasteiger partial charge in [-0.25, -0.2) is 5.21 Å². The summed E-state index contributed by atoms with van der Waals surface area (Å²) in [5.41, 5.74) is 6.17. The number of nitrogens with one attached hydrogen (secondary N) is 1. The first kappa shape index (κ1) is 27.5. The molecule has 0 saturated heterocycles. The fourth-order valence-electron chi connectivity index (χ4n) is 5.72. The van der Waals surface area contributed by atoms with Gasteiger partial charge < -0.3 is 4.52 Å². The van der Waals surface area contributed by atoms with Crippen molar-refractivity contribution in [3.8, 4) is 11.5 Å². The zero-order valence-electron chi connectivity index (χ0n) is 23.0. The highest BCUT2D eigenvalue weighted by Crippen LogP contribution is 2.31. The first-order valence-electron chi connectivity index (χ1n) is 14.8. The summed E-state index contributed by atoms with van der Waals surface area (Å²) >= 11 is 0. The van der Waals surface area contributed by atoms with Gasteiger partial charge in [0.05, 0.1) is 0 Å². The summed E-state index contributed by atoms with van der Waals surface area (Å²) in [6.45, 7) is 4.94. The van der Waals surface area contributed by atoms with Gasteiger partial charge in [0.25, 0.3) is 5.89 Å². The van der Waals surface area contributed by atoms with Gasteiger partial charge in [-0.1, -0.05) is 93.8 Å². The molecule has 2 unspecified atom stereocenters. The highest BCUT2D eigenvalue weighted by Gasteiger charge is 2.28. The average molecular weight is 505 g/mol. The third-order valence-electron chi connectivity index (χ3n) is 7.90. The maximum absolute atomic E-state index is 11.0. The first-order chi connectivity index (χ1) is 18.2. The number of nitrogens with zero attached hydrogens (tertiary/aromatic N) is 2. The van der Waals surface area contributed by atoms with E-state index in [1.165, 1.54) is 80.9 Å². The number of hydrogen-bond donors (Lipinski definition) is 2. The number of unbranched alkanes of at least 4 members (excludes halogenated alkanes) is 8. The van der Waals surface area contributed by atoms with Crippen LogP contribution >= 0.6 is 0 Å². The van der Waals surface area contributed by atoms with Gasteiger partial charge in [0.1, 0.15) is 6.54 Å². The van der Waals surface area contributed by atoms with Crippen LogP contribution in [0.4, 0.5) is 0 Å². The quantitative estimate of drug-likeness (QED) is 0.172. The second-order valence-corrected chi connectivity index (χ2v) is 10.7. The Morgan fingerprint density at radius 3 is 2.30 bits per heavy atom. The van der Waals surface area contributed by atoms with Crippen LogP contribution in [0.3, 0.4) is 0 Å². The Hall–Kier alpha value is -2.50. The van der Waals surface area contributed by atoms with Gasteiger partial charge >= 0.3 is 0 Å². The average Bonchev–Trinajstić information content (AvgIpc) is 3.41. The minimum absolute atomic E-state index is 0.100. The first-order valence-corrected chi connectivity index (χ1v) is 14.8. The maximum atomic E-state index is 11.0. The van der Waals surface area contributed by atoms with Gasteiger partial charge in [0.15, 0.2) is 11.9 Å². The number of benzene rings is 2. The number of rotatable bonds is 15. The molecule has 0 saturated carbocycles. The molecular weight excluding hydrogens is 458 g/mol. The lowest BCUT2D eigenvalue weighted by molar-refractivity contribution is -1.11. The van der Waals surface area contributed by atoms with Crippen molar-refractivity contribution in [1.29, 1.82) is 0 Å². The van der Waals surface area contributed by atoms with Crippen molar-refractivity contribution in [3.63, 3.8) is 0 Å². The molecule has 5 nitrogen and oxygen atoms in total. The van der Waals surface area contributed by atoms with E-state index in [9.17, 15) is 5.21 Å². The van der Waals surface area contributed by atoms with Crippen LogP contribution in [-0.4, -0.2) is 21.9 Å². The Morgan fingerprint density at radius 1 is 0.865 bits per heavy atom. The fraction of sp³-hybridized carbons (Fsp3) is 0.562. The van der Waals surface area contributed by atoms with Gasteiger partial charge in [-0.05, 0) is 62.3 Å². The Bertz CT molecular complexity index is 1080. The summed E-state index contributed by atoms with van der Waals surface area (Å²) in [6.07, 6.45) is 17.4. The Morgan fingerprint density at radius 2 is 1.57 bits per heavy atom. The van der Waals surface area contributed by atoms with E-state index in [-0.39, 0.29) is 6.04 Å². The van der Waals surface area contributed by atoms with E-state index in [0.29, 0.717) is 17.5 Å². The molecule has 0 radical (unpaired) electrons. The molecule has 1 aliphatic carbocycles. The summed E-state index contributed by atoms with van der Waals surface area (Å²) in [4.78, 5) is 4.66. The van der Waals surface area contributed by atoms with Crippen molar-refractivity contribution in [2.24, 2.45) is 0 Å². The highest BCUT2D eigenvalue weighted by atomic mass is 16.5. The summed E-state index contributed by atoms with van der Waals surface area (Å²) in [5, 5.41) is 15.7. The van der Waals surface area contributed by atoms with Crippen LogP contribution in [0.2, 0.25) is 0 Å². The van der Waals surface area contributed by atoms with Crippen molar-refractivity contribution >= 4 is 0 Å². The van der Waals surface area contributed by atoms with Gasteiger partial charge in [-0.2, -0.15) is 10.0 Å². The van der Waals surface area contributed by atoms with Crippen LogP contribution < -0.4 is 5.06 Å². The molecule has 3 aromatic rings. The molecule has 5 heteroatoms. The van der Waals surface area contributed by atoms with Gasteiger partial charge in [-0.15, -0.1) is 0 Å². The lowest BCUT2D eigenvalue weighted by Gasteiger charge is -2.27. The summed E-state index contributed by atoms with van der Waals surface area (Å²) in [6, 6.07) is 14.8. The molecule has 0 bridgehead atoms. The normalized spacial score (nSPS) is 14.9. The maximum Gasteiger partial charge on any atom is 0.257 e. The van der Waals surface area contributed by atoms with Crippen molar-refractivity contribution < 1.29 is 14.8 Å². The molecule has 2 N–H and O–H groups in total. The minimum Gasteiger partial charge on any atom is -0.334 e. The molecule has 0 fully saturated rings. The van der Waals surface area contributed by atoms with E-state index in [4.69, 9.17) is 4.52 Å². The third kappa shape index (κ3) is 7.52. The number of quaternary nitrogens is 1. The summed E-state index contributed by atoms with van der Waals surface area (Å²) in [7, 11) is 0. The lowest BCUT2D eigenvalue weighted by atomic mass is 9.84. The van der Waals surface area contributed by atoms with Crippen LogP contribution in [0.1, 0.15) is 119 Å². The standard InChI is InChI=1S/C32H45N3O2/c1-3-5-6-7-8-9-10-11-12-20-30-33-32(37-34-30)27-23-21-26(22-24-27)31(35(36)4-2)29-19-15-17-25-16-13-14-18-28(25)29/h15,17,19,21-24,31,36H,3-14,16,18,20H2,1-2H3/p+1. The van der Waals surface area contributed by atoms with Crippen LogP contribution in [0.15, 0.2) is 47.0 Å². The molecule has 4 rings (SSSR count). The molecule has 1 heterocycles. The Kier molecular flexibility index (Phi) is 10.7. The van der Waals surface area contributed by atoms with Crippen LogP contribution in [0.5, 0.6) is 0 Å². The van der Waals surface area contributed by atoms with E-state index in [2.05, 4.69) is 59.5 Å². The van der Waals surface area contributed by atoms with Crippen molar-refractivity contribution in [1.82, 2.24) is 10.1 Å². The number of aromatic nitrogens is 2. The van der Waals surface area contributed by atoms with E-state index in [1.807, 2.05) is 6.92 Å². The molecule has 1 aromatic heterocycles. The molecular formula is C32H46N3O2+. The van der Waals surface area contributed by atoms with Gasteiger partial charge in [-0.3, -0.25) is 0 Å². The van der Waals surface area contributed by atoms with E-state index >= 15 is 0 Å². The van der Waals surface area contributed by atoms with E-state index in [1.54, 1.807) is 0 Å². The lowest BCUT2D eigenvalue weighted by Crippen LogP contribution is -3.09. The summed E-state index contributed by atoms with van der Waals surface area (Å²) in [5.74, 6) is 1.38. The molecule has 37 heavy (non-hydrogen) atoms. The third-order valence-corrected chi connectivity index (χ3v) is 7.90. The van der Waals surface area contributed by atoms with Crippen LogP contribution in [0.25, 0.3) is 11.5 Å². The van der Waals surface area contributed by atoms with E-state index < -0.39 is 0 Å². The van der Waals surface area contributed by atoms with Gasteiger partial charge in [0.2, 0.25) is 0 Å². The number of hydrogen-bond acceptors (Lipinski definition) is 4. The Labute approximate surface area is 223 Å². The molecule has 2 aromatic carbocycles. The van der Waals surface area contributed by atoms with Crippen molar-refractivity contribution in [2.45, 2.75) is 110 Å². The van der Waals surface area contributed by atoms with Crippen molar-refractivity contribution in [2.75, 3.05) is 6.54 Å². The SMILES string of the molecule is CCCCCCCCCCCc1noc(-c2ccc(C(c3cccc4c3CCCC4)[NH+](O)CC)cc2)n1. The molecule has 0 amide bonds. The number of fused-ring (bicyclic) bond motifs is 1. The topological polar surface area (TPSA) is 63.6 Å². The van der Waals surface area contributed by atoms with E-state index in [0.717, 1.165) is 42.6 Å². The smallest absolute Gasteiger partial charge is 0.257 e. The zero-order chi connectivity index (χ0) is 25.9. The molecule has 200 valence electrons. The second kappa shape index (κ2) is 14.4. The fourth-order valence-corrected chi connectivity index (χ4v) is 5.72. The summed E-state index contributed by atoms with van der Waals surface area (Å²) < 4.78 is 5.60. The highest BCUT2D eigenvalue weighted by molar-refractivity contribution is 5.54. The predicted molar refractivity (Wildman–Crippen MR) is 149 cm³/mol. The molecule has 1 aliphatic rings. The Balaban J connectivity index is 1.35.